The lowest BCUT2D eigenvalue weighted by Crippen LogP contribution is -2.58. The first-order chi connectivity index (χ1) is 20.5. The lowest BCUT2D eigenvalue weighted by atomic mass is 10.1. The second-order valence-corrected chi connectivity index (χ2v) is 11.5. The van der Waals surface area contributed by atoms with Crippen LogP contribution in [-0.4, -0.2) is 83.5 Å². The first-order valence-electron chi connectivity index (χ1n) is 14.2. The maximum absolute atomic E-state index is 14.1. The molecule has 0 saturated carbocycles. The zero-order chi connectivity index (χ0) is 31.1. The number of halogens is 1. The number of fused-ring (bicyclic) bond motifs is 1. The fourth-order valence-corrected chi connectivity index (χ4v) is 5.36. The van der Waals surface area contributed by atoms with Crippen LogP contribution < -0.4 is 10.1 Å². The van der Waals surface area contributed by atoms with Crippen LogP contribution in [0.15, 0.2) is 54.6 Å². The maximum Gasteiger partial charge on any atom is 0.410 e. The minimum absolute atomic E-state index is 0.0651. The number of alkyl carbamates (subject to hydrolysis) is 1. The molecule has 0 aliphatic carbocycles. The number of rotatable bonds is 9. The highest BCUT2D eigenvalue weighted by atomic mass is 19.1. The molecule has 43 heavy (non-hydrogen) atoms. The van der Waals surface area contributed by atoms with Crippen molar-refractivity contribution in [1.29, 1.82) is 0 Å². The Hall–Kier alpha value is -4.30. The van der Waals surface area contributed by atoms with Crippen LogP contribution in [0, 0.1) is 18.2 Å². The summed E-state index contributed by atoms with van der Waals surface area (Å²) in [5.74, 6) is 1.91. The Morgan fingerprint density at radius 3 is 2.44 bits per heavy atom. The molecule has 1 N–H and O–H groups in total. The number of carbonyl (C=O) groups excluding carboxylic acids is 3. The van der Waals surface area contributed by atoms with Crippen LogP contribution >= 0.6 is 0 Å². The van der Waals surface area contributed by atoms with Crippen molar-refractivity contribution in [2.24, 2.45) is 0 Å². The van der Waals surface area contributed by atoms with Crippen molar-refractivity contribution in [3.8, 4) is 18.1 Å². The maximum atomic E-state index is 14.1. The largest absolute Gasteiger partial charge is 0.486 e. The van der Waals surface area contributed by atoms with Crippen molar-refractivity contribution in [2.75, 3.05) is 19.7 Å². The van der Waals surface area contributed by atoms with E-state index in [1.807, 2.05) is 30.3 Å². The van der Waals surface area contributed by atoms with Crippen LogP contribution in [-0.2, 0) is 25.6 Å². The summed E-state index contributed by atoms with van der Waals surface area (Å²) < 4.78 is 36.5. The van der Waals surface area contributed by atoms with Gasteiger partial charge in [0.15, 0.2) is 0 Å². The monoisotopic (exact) mass is 595 g/mol. The quantitative estimate of drug-likeness (QED) is 0.435. The molecular weight excluding hydrogens is 557 g/mol. The third-order valence-electron chi connectivity index (χ3n) is 7.24. The molecule has 0 aromatic heterocycles. The second-order valence-electron chi connectivity index (χ2n) is 11.5. The molecule has 10 nitrogen and oxygen atoms in total. The van der Waals surface area contributed by atoms with Crippen LogP contribution in [0.5, 0.6) is 5.75 Å². The number of nitrogens with one attached hydrogen (secondary N) is 1. The summed E-state index contributed by atoms with van der Waals surface area (Å²) in [6.07, 6.45) is 3.05. The van der Waals surface area contributed by atoms with E-state index in [1.165, 1.54) is 24.3 Å². The van der Waals surface area contributed by atoms with E-state index in [1.54, 1.807) is 37.5 Å². The van der Waals surface area contributed by atoms with E-state index < -0.39 is 59.8 Å². The molecule has 2 aliphatic rings. The Kier molecular flexibility index (Phi) is 10.1. The van der Waals surface area contributed by atoms with Crippen molar-refractivity contribution < 1.29 is 37.7 Å². The van der Waals surface area contributed by atoms with Crippen molar-refractivity contribution in [3.05, 3.63) is 66.0 Å². The molecule has 230 valence electrons. The Labute approximate surface area is 251 Å². The zero-order valence-corrected chi connectivity index (χ0v) is 24.8. The molecule has 2 aromatic carbocycles. The van der Waals surface area contributed by atoms with Gasteiger partial charge in [0.2, 0.25) is 5.91 Å². The number of hydrogen-bond donors (Lipinski definition) is 1. The van der Waals surface area contributed by atoms with Gasteiger partial charge in [0.1, 0.15) is 42.5 Å². The lowest BCUT2D eigenvalue weighted by molar-refractivity contribution is -0.139. The van der Waals surface area contributed by atoms with Gasteiger partial charge in [-0.2, -0.15) is 0 Å². The van der Waals surface area contributed by atoms with E-state index in [2.05, 4.69) is 11.2 Å². The predicted molar refractivity (Wildman–Crippen MR) is 155 cm³/mol. The number of carbonyl (C=O) groups is 3. The van der Waals surface area contributed by atoms with Crippen molar-refractivity contribution >= 4 is 18.1 Å². The number of ether oxygens (including phenoxy) is 4. The molecule has 2 fully saturated rings. The lowest BCUT2D eigenvalue weighted by Gasteiger charge is -2.34. The molecule has 2 saturated heterocycles. The van der Waals surface area contributed by atoms with Gasteiger partial charge in [0.25, 0.3) is 0 Å². The van der Waals surface area contributed by atoms with Crippen LogP contribution in [0.2, 0.25) is 0 Å². The second kappa shape index (κ2) is 13.8. The topological polar surface area (TPSA) is 107 Å². The molecule has 5 atom stereocenters. The molecule has 3 amide bonds. The number of hydrogen-bond acceptors (Lipinski definition) is 7. The van der Waals surface area contributed by atoms with Gasteiger partial charge < -0.3 is 29.2 Å². The predicted octanol–water partition coefficient (Wildman–Crippen LogP) is 4.13. The van der Waals surface area contributed by atoms with Gasteiger partial charge in [-0.05, 0) is 63.9 Å². The summed E-state index contributed by atoms with van der Waals surface area (Å²) >= 11 is 0. The first-order valence-corrected chi connectivity index (χ1v) is 14.2. The molecule has 0 bridgehead atoms. The molecule has 11 heteroatoms. The van der Waals surface area contributed by atoms with Crippen LogP contribution in [0.4, 0.5) is 14.0 Å². The normalized spacial score (nSPS) is 20.9. The number of terminal acetylenes is 1. The standard InChI is InChI=1S/C32H38FN3O7/c1-6-18-40-21(2)27(34-30(38)43-32(3,4)5)29(37)35-17-16-25-28(35)26(42-24-14-12-23(33)13-15-24)19-36(25)31(39)41-20-22-10-8-7-9-11-22/h1,7-15,21,25-28H,16-20H2,2-5H3,(H,34,38)/t21-,25-,26+,27+,28+/m1/s1. The van der Waals surface area contributed by atoms with Crippen LogP contribution in [0.3, 0.4) is 0 Å². The Morgan fingerprint density at radius 2 is 1.79 bits per heavy atom. The molecular formula is C32H38FN3O7. The molecule has 0 unspecified atom stereocenters. The molecule has 0 spiro atoms. The van der Waals surface area contributed by atoms with Gasteiger partial charge in [-0.25, -0.2) is 14.0 Å². The van der Waals surface area contributed by atoms with Gasteiger partial charge in [-0.3, -0.25) is 9.69 Å². The highest BCUT2D eigenvalue weighted by molar-refractivity contribution is 5.87. The highest BCUT2D eigenvalue weighted by Gasteiger charge is 2.54. The van der Waals surface area contributed by atoms with E-state index in [4.69, 9.17) is 25.4 Å². The van der Waals surface area contributed by atoms with E-state index in [9.17, 15) is 18.8 Å². The molecule has 0 radical (unpaired) electrons. The molecule has 2 aliphatic heterocycles. The van der Waals surface area contributed by atoms with Gasteiger partial charge >= 0.3 is 12.2 Å². The van der Waals surface area contributed by atoms with E-state index in [0.29, 0.717) is 12.2 Å². The molecule has 2 heterocycles. The molecule has 4 rings (SSSR count). The van der Waals surface area contributed by atoms with Crippen LogP contribution in [0.25, 0.3) is 0 Å². The minimum Gasteiger partial charge on any atom is -0.486 e. The zero-order valence-electron chi connectivity index (χ0n) is 24.8. The van der Waals surface area contributed by atoms with Gasteiger partial charge in [0.05, 0.1) is 24.7 Å². The smallest absolute Gasteiger partial charge is 0.410 e. The third-order valence-corrected chi connectivity index (χ3v) is 7.24. The average molecular weight is 596 g/mol. The highest BCUT2D eigenvalue weighted by Crippen LogP contribution is 2.35. The van der Waals surface area contributed by atoms with Gasteiger partial charge in [0, 0.05) is 6.54 Å². The van der Waals surface area contributed by atoms with E-state index >= 15 is 0 Å². The van der Waals surface area contributed by atoms with Gasteiger partial charge in [-0.15, -0.1) is 6.42 Å². The fourth-order valence-electron chi connectivity index (χ4n) is 5.36. The fraction of sp³-hybridized carbons (Fsp3) is 0.469. The summed E-state index contributed by atoms with van der Waals surface area (Å²) in [4.78, 5) is 43.3. The summed E-state index contributed by atoms with van der Waals surface area (Å²) in [6, 6.07) is 12.7. The van der Waals surface area contributed by atoms with Crippen molar-refractivity contribution in [2.45, 2.75) is 76.7 Å². The minimum atomic E-state index is -1.13. The van der Waals surface area contributed by atoms with Crippen LogP contribution in [0.1, 0.15) is 39.7 Å². The summed E-state index contributed by atoms with van der Waals surface area (Å²) in [7, 11) is 0. The first kappa shape index (κ1) is 31.6. The Bertz CT molecular complexity index is 1310. The molecule has 2 aromatic rings. The van der Waals surface area contributed by atoms with Crippen molar-refractivity contribution in [1.82, 2.24) is 15.1 Å². The summed E-state index contributed by atoms with van der Waals surface area (Å²) in [6.45, 7) is 7.23. The number of nitrogens with zero attached hydrogens (tertiary/aromatic N) is 2. The van der Waals surface area contributed by atoms with Gasteiger partial charge in [-0.1, -0.05) is 36.3 Å². The van der Waals surface area contributed by atoms with E-state index in [0.717, 1.165) is 5.56 Å². The Morgan fingerprint density at radius 1 is 1.09 bits per heavy atom. The Balaban J connectivity index is 1.57. The summed E-state index contributed by atoms with van der Waals surface area (Å²) in [5, 5.41) is 2.65. The summed E-state index contributed by atoms with van der Waals surface area (Å²) in [5.41, 5.74) is 0.0467. The number of benzene rings is 2. The average Bonchev–Trinajstić information content (AvgIpc) is 3.55. The third kappa shape index (κ3) is 8.17. The van der Waals surface area contributed by atoms with E-state index in [-0.39, 0.29) is 26.3 Å². The number of amides is 3. The number of likely N-dealkylation sites (tertiary alicyclic amines) is 2. The van der Waals surface area contributed by atoms with Crippen molar-refractivity contribution in [3.63, 3.8) is 0 Å². The SMILES string of the molecule is C#CCO[C@H](C)[C@H](NC(=O)OC(C)(C)C)C(=O)N1CC[C@@H]2[C@H]1[C@@H](Oc1ccc(F)cc1)CN2C(=O)OCc1ccccc1.